The van der Waals surface area contributed by atoms with E-state index in [-0.39, 0.29) is 17.3 Å². The number of amides is 1. The number of halogens is 4. The van der Waals surface area contributed by atoms with Gasteiger partial charge in [-0.3, -0.25) is 4.79 Å². The summed E-state index contributed by atoms with van der Waals surface area (Å²) in [6, 6.07) is 5.36. The number of nitrogens with two attached hydrogens (primary N) is 1. The summed E-state index contributed by atoms with van der Waals surface area (Å²) in [4.78, 5) is 11.5. The molecule has 0 saturated heterocycles. The predicted molar refractivity (Wildman–Crippen MR) is 85.5 cm³/mol. The van der Waals surface area contributed by atoms with Crippen LogP contribution in [0.25, 0.3) is 0 Å². The lowest BCUT2D eigenvalue weighted by Gasteiger charge is -2.18. The molecule has 6 nitrogen and oxygen atoms in total. The Morgan fingerprint density at radius 1 is 1.35 bits per heavy atom. The molecule has 0 radical (unpaired) electrons. The van der Waals surface area contributed by atoms with Crippen molar-refractivity contribution >= 4 is 39.9 Å². The van der Waals surface area contributed by atoms with Crippen molar-refractivity contribution in [3.63, 3.8) is 0 Å². The van der Waals surface area contributed by atoms with Crippen LogP contribution in [0.2, 0.25) is 5.02 Å². The van der Waals surface area contributed by atoms with Gasteiger partial charge in [0.1, 0.15) is 0 Å². The minimum atomic E-state index is -3.91. The standard InChI is InChI=1S/C12H16ClF2N3O3S.ClH/c1-18(6-11(19)17-8-12(14,15)7-16)22(20,21)10-4-2-9(13)3-5-10;/h2-5H,6-8,16H2,1H3,(H,17,19);1H. The second-order valence-electron chi connectivity index (χ2n) is 4.55. The fourth-order valence-electron chi connectivity index (χ4n) is 1.43. The maximum absolute atomic E-state index is 12.9. The number of nitrogens with zero attached hydrogens (tertiary/aromatic N) is 1. The van der Waals surface area contributed by atoms with Gasteiger partial charge in [0, 0.05) is 12.1 Å². The highest BCUT2D eigenvalue weighted by molar-refractivity contribution is 7.89. The number of carbonyl (C=O) groups is 1. The number of alkyl halides is 2. The average molecular weight is 392 g/mol. The van der Waals surface area contributed by atoms with Gasteiger partial charge in [0.05, 0.1) is 24.5 Å². The van der Waals surface area contributed by atoms with Crippen LogP contribution >= 0.6 is 24.0 Å². The summed E-state index contributed by atoms with van der Waals surface area (Å²) in [6.07, 6.45) is 0. The molecule has 0 aromatic heterocycles. The van der Waals surface area contributed by atoms with Crippen molar-refractivity contribution in [1.82, 2.24) is 9.62 Å². The van der Waals surface area contributed by atoms with Crippen LogP contribution in [0, 0.1) is 0 Å². The first-order valence-corrected chi connectivity index (χ1v) is 7.97. The lowest BCUT2D eigenvalue weighted by Crippen LogP contribution is -2.45. The van der Waals surface area contributed by atoms with E-state index in [0.29, 0.717) is 5.02 Å². The average Bonchev–Trinajstić information content (AvgIpc) is 2.45. The van der Waals surface area contributed by atoms with Gasteiger partial charge in [0.25, 0.3) is 5.92 Å². The highest BCUT2D eigenvalue weighted by Crippen LogP contribution is 2.17. The van der Waals surface area contributed by atoms with Crippen LogP contribution in [0.15, 0.2) is 29.2 Å². The molecule has 0 atom stereocenters. The molecular formula is C12H17Cl2F2N3O3S. The van der Waals surface area contributed by atoms with Crippen LogP contribution in [0.1, 0.15) is 0 Å². The van der Waals surface area contributed by atoms with Gasteiger partial charge in [-0.1, -0.05) is 11.6 Å². The Morgan fingerprint density at radius 3 is 2.35 bits per heavy atom. The first kappa shape index (κ1) is 22.0. The molecular weight excluding hydrogens is 375 g/mol. The van der Waals surface area contributed by atoms with Crippen molar-refractivity contribution in [2.75, 3.05) is 26.7 Å². The van der Waals surface area contributed by atoms with Gasteiger partial charge in [0.2, 0.25) is 15.9 Å². The Bertz CT molecular complexity index is 627. The van der Waals surface area contributed by atoms with Gasteiger partial charge in [-0.05, 0) is 24.3 Å². The monoisotopic (exact) mass is 391 g/mol. The quantitative estimate of drug-likeness (QED) is 0.727. The molecule has 0 bridgehead atoms. The summed E-state index contributed by atoms with van der Waals surface area (Å²) >= 11 is 5.67. The van der Waals surface area contributed by atoms with E-state index >= 15 is 0 Å². The van der Waals surface area contributed by atoms with Crippen molar-refractivity contribution < 1.29 is 22.0 Å². The normalized spacial score (nSPS) is 11.9. The van der Waals surface area contributed by atoms with E-state index in [0.717, 1.165) is 4.31 Å². The van der Waals surface area contributed by atoms with Crippen molar-refractivity contribution in [1.29, 1.82) is 0 Å². The summed E-state index contributed by atoms with van der Waals surface area (Å²) in [5, 5.41) is 2.31. The van der Waals surface area contributed by atoms with Crippen LogP contribution in [-0.2, 0) is 14.8 Å². The number of benzene rings is 1. The number of likely N-dealkylation sites (N-methyl/N-ethyl adjacent to an activating group) is 1. The molecule has 0 aliphatic carbocycles. The van der Waals surface area contributed by atoms with Crippen LogP contribution in [-0.4, -0.2) is 51.2 Å². The molecule has 132 valence electrons. The van der Waals surface area contributed by atoms with E-state index in [1.54, 1.807) is 0 Å². The fraction of sp³-hybridized carbons (Fsp3) is 0.417. The van der Waals surface area contributed by atoms with Gasteiger partial charge in [0.15, 0.2) is 0 Å². The predicted octanol–water partition coefficient (Wildman–Crippen LogP) is 1.09. The van der Waals surface area contributed by atoms with Crippen LogP contribution in [0.5, 0.6) is 0 Å². The van der Waals surface area contributed by atoms with E-state index in [1.807, 2.05) is 5.32 Å². The molecule has 1 aromatic rings. The van der Waals surface area contributed by atoms with Gasteiger partial charge >= 0.3 is 0 Å². The lowest BCUT2D eigenvalue weighted by atomic mass is 10.3. The van der Waals surface area contributed by atoms with Gasteiger partial charge in [-0.25, -0.2) is 17.2 Å². The van der Waals surface area contributed by atoms with E-state index in [9.17, 15) is 22.0 Å². The maximum Gasteiger partial charge on any atom is 0.277 e. The molecule has 0 spiro atoms. The topological polar surface area (TPSA) is 92.5 Å². The van der Waals surface area contributed by atoms with Gasteiger partial charge < -0.3 is 11.1 Å². The van der Waals surface area contributed by atoms with Crippen molar-refractivity contribution in [3.05, 3.63) is 29.3 Å². The smallest absolute Gasteiger partial charge is 0.277 e. The molecule has 0 fully saturated rings. The van der Waals surface area contributed by atoms with Crippen molar-refractivity contribution in [2.24, 2.45) is 5.73 Å². The first-order chi connectivity index (χ1) is 10.1. The SMILES string of the molecule is CN(CC(=O)NCC(F)(F)CN)S(=O)(=O)c1ccc(Cl)cc1.Cl. The Morgan fingerprint density at radius 2 is 1.87 bits per heavy atom. The molecule has 0 unspecified atom stereocenters. The maximum atomic E-state index is 12.9. The molecule has 1 aromatic carbocycles. The van der Waals surface area contributed by atoms with Crippen LogP contribution in [0.4, 0.5) is 8.78 Å². The number of nitrogens with one attached hydrogen (secondary N) is 1. The third kappa shape index (κ3) is 6.56. The minimum absolute atomic E-state index is 0. The third-order valence-corrected chi connectivity index (χ3v) is 4.80. The third-order valence-electron chi connectivity index (χ3n) is 2.73. The number of sulfonamides is 1. The zero-order valence-corrected chi connectivity index (χ0v) is 14.5. The van der Waals surface area contributed by atoms with Gasteiger partial charge in [-0.15, -0.1) is 12.4 Å². The van der Waals surface area contributed by atoms with E-state index in [2.05, 4.69) is 0 Å². The second kappa shape index (κ2) is 8.74. The summed E-state index contributed by atoms with van der Waals surface area (Å²) in [5.74, 6) is -4.09. The van der Waals surface area contributed by atoms with E-state index < -0.39 is 41.5 Å². The fourth-order valence-corrected chi connectivity index (χ4v) is 2.68. The molecule has 11 heteroatoms. The zero-order chi connectivity index (χ0) is 17.0. The summed E-state index contributed by atoms with van der Waals surface area (Å²) in [6.45, 7) is -2.45. The Hall–Kier alpha value is -1.00. The van der Waals surface area contributed by atoms with E-state index in [1.165, 1.54) is 31.3 Å². The molecule has 0 saturated carbocycles. The summed E-state index contributed by atoms with van der Waals surface area (Å²) < 4.78 is 50.9. The van der Waals surface area contributed by atoms with Crippen molar-refractivity contribution in [3.8, 4) is 0 Å². The number of hydrogen-bond acceptors (Lipinski definition) is 4. The Balaban J connectivity index is 0.00000484. The molecule has 1 rings (SSSR count). The van der Waals surface area contributed by atoms with E-state index in [4.69, 9.17) is 17.3 Å². The number of carbonyl (C=O) groups excluding carboxylic acids is 1. The highest BCUT2D eigenvalue weighted by atomic mass is 35.5. The highest BCUT2D eigenvalue weighted by Gasteiger charge is 2.28. The molecule has 1 amide bonds. The minimum Gasteiger partial charge on any atom is -0.349 e. The van der Waals surface area contributed by atoms with Crippen molar-refractivity contribution in [2.45, 2.75) is 10.8 Å². The Kier molecular flexibility index (Phi) is 8.36. The lowest BCUT2D eigenvalue weighted by molar-refractivity contribution is -0.122. The summed E-state index contributed by atoms with van der Waals surface area (Å²) in [5.41, 5.74) is 4.83. The molecule has 23 heavy (non-hydrogen) atoms. The summed E-state index contributed by atoms with van der Waals surface area (Å²) in [7, 11) is -2.74. The molecule has 0 aliphatic rings. The largest absolute Gasteiger partial charge is 0.349 e. The zero-order valence-electron chi connectivity index (χ0n) is 12.1. The van der Waals surface area contributed by atoms with Crippen LogP contribution in [0.3, 0.4) is 0 Å². The molecule has 0 heterocycles. The first-order valence-electron chi connectivity index (χ1n) is 6.15. The second-order valence-corrected chi connectivity index (χ2v) is 7.03. The van der Waals surface area contributed by atoms with Gasteiger partial charge in [-0.2, -0.15) is 4.31 Å². The molecule has 3 N–H and O–H groups in total. The number of rotatable bonds is 7. The van der Waals surface area contributed by atoms with Crippen LogP contribution < -0.4 is 11.1 Å². The molecule has 0 aliphatic heterocycles. The number of hydrogen-bond donors (Lipinski definition) is 2. The Labute approximate surface area is 144 Å².